The van der Waals surface area contributed by atoms with E-state index in [9.17, 15) is 0 Å². The van der Waals surface area contributed by atoms with Crippen LogP contribution in [-0.4, -0.2) is 7.11 Å². The highest BCUT2D eigenvalue weighted by atomic mass is 79.9. The Morgan fingerprint density at radius 2 is 1.88 bits per heavy atom. The number of hydrogen-bond acceptors (Lipinski definition) is 2. The summed E-state index contributed by atoms with van der Waals surface area (Å²) >= 11 is 3.64. The first-order valence-electron chi connectivity index (χ1n) is 5.75. The Bertz CT molecular complexity index is 516. The average Bonchev–Trinajstić information content (AvgIpc) is 3.09. The highest BCUT2D eigenvalue weighted by Gasteiger charge is 2.42. The summed E-state index contributed by atoms with van der Waals surface area (Å²) in [5.41, 5.74) is 4.82. The van der Waals surface area contributed by atoms with Crippen LogP contribution in [0.25, 0.3) is 0 Å². The number of nitrogens with zero attached hydrogens (tertiary/aromatic N) is 1. The van der Waals surface area contributed by atoms with Gasteiger partial charge in [0.05, 0.1) is 19.1 Å². The van der Waals surface area contributed by atoms with E-state index in [1.165, 1.54) is 22.3 Å². The second kappa shape index (κ2) is 4.34. The Labute approximate surface area is 111 Å². The van der Waals surface area contributed by atoms with Gasteiger partial charge in [-0.1, -0.05) is 15.9 Å². The Balaban J connectivity index is 2.62. The normalized spacial score (nSPS) is 22.1. The van der Waals surface area contributed by atoms with E-state index < -0.39 is 0 Å². The molecule has 90 valence electrons. The van der Waals surface area contributed by atoms with Gasteiger partial charge in [-0.3, -0.25) is 0 Å². The lowest BCUT2D eigenvalue weighted by atomic mass is 9.95. The molecule has 1 aromatic carbocycles. The molecule has 0 aromatic heterocycles. The van der Waals surface area contributed by atoms with Gasteiger partial charge >= 0.3 is 0 Å². The van der Waals surface area contributed by atoms with E-state index in [4.69, 9.17) is 10.00 Å². The van der Waals surface area contributed by atoms with E-state index in [0.717, 1.165) is 16.6 Å². The quantitative estimate of drug-likeness (QED) is 0.825. The standard InChI is InChI=1S/C14H16BrNO/c1-7-8(2)14(17-4)12(9(3)13(7)15)11-5-10(11)6-16/h10-11H,5H2,1-4H3. The van der Waals surface area contributed by atoms with E-state index in [1.54, 1.807) is 7.11 Å². The molecule has 0 radical (unpaired) electrons. The summed E-state index contributed by atoms with van der Waals surface area (Å²) in [7, 11) is 1.71. The molecule has 17 heavy (non-hydrogen) atoms. The molecule has 0 saturated heterocycles. The highest BCUT2D eigenvalue weighted by Crippen LogP contribution is 2.53. The second-order valence-electron chi connectivity index (χ2n) is 4.71. The first kappa shape index (κ1) is 12.4. The van der Waals surface area contributed by atoms with Crippen LogP contribution in [0.4, 0.5) is 0 Å². The fourth-order valence-corrected chi connectivity index (χ4v) is 2.98. The summed E-state index contributed by atoms with van der Waals surface area (Å²) in [5.74, 6) is 1.48. The van der Waals surface area contributed by atoms with E-state index in [1.807, 2.05) is 0 Å². The molecular formula is C14H16BrNO. The monoisotopic (exact) mass is 293 g/mol. The summed E-state index contributed by atoms with van der Waals surface area (Å²) < 4.78 is 6.70. The van der Waals surface area contributed by atoms with Gasteiger partial charge in [-0.2, -0.15) is 5.26 Å². The van der Waals surface area contributed by atoms with Crippen molar-refractivity contribution >= 4 is 15.9 Å². The Hall–Kier alpha value is -1.01. The molecule has 1 aromatic rings. The summed E-state index contributed by atoms with van der Waals surface area (Å²) in [5, 5.41) is 8.98. The van der Waals surface area contributed by atoms with Crippen molar-refractivity contribution in [2.24, 2.45) is 5.92 Å². The Kier molecular flexibility index (Phi) is 3.18. The van der Waals surface area contributed by atoms with Gasteiger partial charge in [0.25, 0.3) is 0 Å². The summed E-state index contributed by atoms with van der Waals surface area (Å²) in [4.78, 5) is 0. The van der Waals surface area contributed by atoms with Crippen LogP contribution in [-0.2, 0) is 0 Å². The van der Waals surface area contributed by atoms with E-state index in [-0.39, 0.29) is 5.92 Å². The van der Waals surface area contributed by atoms with Gasteiger partial charge in [0.15, 0.2) is 0 Å². The first-order valence-corrected chi connectivity index (χ1v) is 6.55. The van der Waals surface area contributed by atoms with Crippen molar-refractivity contribution in [3.05, 3.63) is 26.7 Å². The molecule has 0 aliphatic heterocycles. The molecule has 1 saturated carbocycles. The van der Waals surface area contributed by atoms with Crippen LogP contribution in [0.2, 0.25) is 0 Å². The third kappa shape index (κ3) is 1.85. The lowest BCUT2D eigenvalue weighted by Crippen LogP contribution is -2.01. The van der Waals surface area contributed by atoms with Crippen molar-refractivity contribution in [1.29, 1.82) is 5.26 Å². The minimum atomic E-state index is 0.164. The number of ether oxygens (including phenoxy) is 1. The first-order chi connectivity index (χ1) is 8.02. The fraction of sp³-hybridized carbons (Fsp3) is 0.500. The molecule has 0 heterocycles. The number of rotatable bonds is 2. The van der Waals surface area contributed by atoms with Crippen molar-refractivity contribution in [1.82, 2.24) is 0 Å². The van der Waals surface area contributed by atoms with Gasteiger partial charge in [0, 0.05) is 16.0 Å². The number of nitriles is 1. The maximum Gasteiger partial charge on any atom is 0.125 e. The molecular weight excluding hydrogens is 278 g/mol. The summed E-state index contributed by atoms with van der Waals surface area (Å²) in [6, 6.07) is 2.35. The van der Waals surface area contributed by atoms with Gasteiger partial charge in [-0.15, -0.1) is 0 Å². The predicted molar refractivity (Wildman–Crippen MR) is 71.4 cm³/mol. The van der Waals surface area contributed by atoms with Crippen LogP contribution in [0.3, 0.4) is 0 Å². The SMILES string of the molecule is COc1c(C)c(C)c(Br)c(C)c1C1CC1C#N. The van der Waals surface area contributed by atoms with Gasteiger partial charge < -0.3 is 4.74 Å². The molecule has 2 rings (SSSR count). The zero-order valence-electron chi connectivity index (χ0n) is 10.6. The zero-order valence-corrected chi connectivity index (χ0v) is 12.2. The highest BCUT2D eigenvalue weighted by molar-refractivity contribution is 9.10. The Morgan fingerprint density at radius 3 is 2.35 bits per heavy atom. The van der Waals surface area contributed by atoms with E-state index >= 15 is 0 Å². The Morgan fingerprint density at radius 1 is 1.24 bits per heavy atom. The molecule has 1 fully saturated rings. The smallest absolute Gasteiger partial charge is 0.125 e. The number of halogens is 1. The van der Waals surface area contributed by atoms with E-state index in [2.05, 4.69) is 42.8 Å². The lowest BCUT2D eigenvalue weighted by molar-refractivity contribution is 0.405. The van der Waals surface area contributed by atoms with Gasteiger partial charge in [-0.25, -0.2) is 0 Å². The van der Waals surface area contributed by atoms with Crippen LogP contribution >= 0.6 is 15.9 Å². The largest absolute Gasteiger partial charge is 0.496 e. The summed E-state index contributed by atoms with van der Waals surface area (Å²) in [6.07, 6.45) is 0.961. The van der Waals surface area contributed by atoms with Gasteiger partial charge in [0.1, 0.15) is 5.75 Å². The topological polar surface area (TPSA) is 33.0 Å². The number of methoxy groups -OCH3 is 1. The maximum absolute atomic E-state index is 8.98. The molecule has 0 N–H and O–H groups in total. The van der Waals surface area contributed by atoms with Crippen LogP contribution in [0, 0.1) is 38.0 Å². The third-order valence-corrected chi connectivity index (χ3v) is 4.93. The molecule has 1 aliphatic rings. The minimum absolute atomic E-state index is 0.164. The average molecular weight is 294 g/mol. The molecule has 0 amide bonds. The van der Waals surface area contributed by atoms with Crippen molar-refractivity contribution < 1.29 is 4.74 Å². The van der Waals surface area contributed by atoms with Crippen LogP contribution in [0.15, 0.2) is 4.47 Å². The van der Waals surface area contributed by atoms with Crippen molar-refractivity contribution in [2.75, 3.05) is 7.11 Å². The van der Waals surface area contributed by atoms with Crippen LogP contribution in [0.5, 0.6) is 5.75 Å². The second-order valence-corrected chi connectivity index (χ2v) is 5.51. The maximum atomic E-state index is 8.98. The van der Waals surface area contributed by atoms with E-state index in [0.29, 0.717) is 5.92 Å². The zero-order chi connectivity index (χ0) is 12.7. The fourth-order valence-electron chi connectivity index (χ4n) is 2.47. The molecule has 0 spiro atoms. The minimum Gasteiger partial charge on any atom is -0.496 e. The molecule has 0 bridgehead atoms. The van der Waals surface area contributed by atoms with Gasteiger partial charge in [0.2, 0.25) is 0 Å². The number of benzene rings is 1. The molecule has 2 nitrogen and oxygen atoms in total. The van der Waals surface area contributed by atoms with Crippen LogP contribution in [0.1, 0.15) is 34.6 Å². The molecule has 3 heteroatoms. The van der Waals surface area contributed by atoms with Crippen molar-refractivity contribution in [2.45, 2.75) is 33.1 Å². The molecule has 2 unspecified atom stereocenters. The molecule has 2 atom stereocenters. The summed E-state index contributed by atoms with van der Waals surface area (Å²) in [6.45, 7) is 6.26. The van der Waals surface area contributed by atoms with Crippen LogP contribution < -0.4 is 4.74 Å². The van der Waals surface area contributed by atoms with Crippen molar-refractivity contribution in [3.63, 3.8) is 0 Å². The lowest BCUT2D eigenvalue weighted by Gasteiger charge is -2.18. The predicted octanol–water partition coefficient (Wildman–Crippen LogP) is 4.01. The van der Waals surface area contributed by atoms with Gasteiger partial charge in [-0.05, 0) is 43.9 Å². The molecule has 1 aliphatic carbocycles. The number of hydrogen-bond donors (Lipinski definition) is 0. The van der Waals surface area contributed by atoms with Crippen molar-refractivity contribution in [3.8, 4) is 11.8 Å². The third-order valence-electron chi connectivity index (χ3n) is 3.74.